The number of primary amides is 1. The zero-order chi connectivity index (χ0) is 27.2. The summed E-state index contributed by atoms with van der Waals surface area (Å²) in [6.07, 6.45) is 3.92. The Morgan fingerprint density at radius 1 is 1.05 bits per heavy atom. The minimum Gasteiger partial charge on any atom is -0.367 e. The molecule has 2 aromatic heterocycles. The number of carbonyl (C=O) groups excluding carboxylic acids is 3. The maximum atomic E-state index is 12.9. The summed E-state index contributed by atoms with van der Waals surface area (Å²) >= 11 is 0. The van der Waals surface area contributed by atoms with E-state index in [2.05, 4.69) is 28.7 Å². The molecular formula is C26H30N8O4. The minimum atomic E-state index is -0.679. The molecule has 0 radical (unpaired) electrons. The number of carbonyl (C=O) groups is 3. The van der Waals surface area contributed by atoms with Gasteiger partial charge in [-0.2, -0.15) is 5.10 Å². The topological polar surface area (TPSA) is 160 Å². The number of amides is 2. The zero-order valence-electron chi connectivity index (χ0n) is 21.6. The van der Waals surface area contributed by atoms with Crippen LogP contribution in [0.4, 0.5) is 11.6 Å². The molecule has 1 aliphatic carbocycles. The predicted molar refractivity (Wildman–Crippen MR) is 139 cm³/mol. The Kier molecular flexibility index (Phi) is 6.35. The highest BCUT2D eigenvalue weighted by molar-refractivity contribution is 6.00. The molecule has 38 heavy (non-hydrogen) atoms. The summed E-state index contributed by atoms with van der Waals surface area (Å²) in [5.74, 6) is -0.627. The molecule has 0 spiro atoms. The number of hydroxylamine groups is 1. The van der Waals surface area contributed by atoms with Crippen molar-refractivity contribution in [2.24, 2.45) is 11.1 Å². The number of nitrogens with zero attached hydrogens (tertiary/aromatic N) is 6. The van der Waals surface area contributed by atoms with Gasteiger partial charge in [0, 0.05) is 45.0 Å². The molecule has 0 saturated carbocycles. The van der Waals surface area contributed by atoms with Gasteiger partial charge in [0.2, 0.25) is 5.95 Å². The fourth-order valence-corrected chi connectivity index (χ4v) is 5.29. The van der Waals surface area contributed by atoms with Crippen molar-refractivity contribution >= 4 is 29.2 Å². The van der Waals surface area contributed by atoms with Crippen molar-refractivity contribution in [3.63, 3.8) is 0 Å². The Morgan fingerprint density at radius 3 is 2.34 bits per heavy atom. The fourth-order valence-electron chi connectivity index (χ4n) is 5.29. The van der Waals surface area contributed by atoms with Crippen molar-refractivity contribution < 1.29 is 19.6 Å². The summed E-state index contributed by atoms with van der Waals surface area (Å²) < 4.78 is 1.83. The molecular weight excluding hydrogens is 488 g/mol. The van der Waals surface area contributed by atoms with E-state index in [0.717, 1.165) is 17.8 Å². The van der Waals surface area contributed by atoms with Crippen molar-refractivity contribution in [1.82, 2.24) is 25.2 Å². The molecule has 12 heteroatoms. The molecule has 4 N–H and O–H groups in total. The van der Waals surface area contributed by atoms with Gasteiger partial charge in [-0.3, -0.25) is 19.6 Å². The number of anilines is 2. The number of aryl methyl sites for hydroxylation is 1. The summed E-state index contributed by atoms with van der Waals surface area (Å²) in [6, 6.07) is 5.44. The van der Waals surface area contributed by atoms with Crippen LogP contribution in [0.25, 0.3) is 5.69 Å². The van der Waals surface area contributed by atoms with E-state index in [-0.39, 0.29) is 16.8 Å². The molecule has 2 aliphatic rings. The average Bonchev–Trinajstić information content (AvgIpc) is 3.23. The maximum absolute atomic E-state index is 12.9. The lowest BCUT2D eigenvalue weighted by molar-refractivity contribution is 0.0705. The number of hydrogen-bond donors (Lipinski definition) is 3. The number of ketones is 1. The van der Waals surface area contributed by atoms with Crippen LogP contribution in [0.15, 0.2) is 30.6 Å². The summed E-state index contributed by atoms with van der Waals surface area (Å²) in [6.45, 7) is 8.33. The first-order chi connectivity index (χ1) is 18.1. The molecule has 0 atom stereocenters. The normalized spacial score (nSPS) is 16.8. The zero-order valence-corrected chi connectivity index (χ0v) is 21.6. The van der Waals surface area contributed by atoms with E-state index >= 15 is 0 Å². The standard InChI is InChI=1S/C26H30N8O4/c1-15-22-20(11-26(2,3)12-21(22)35)34(30-15)17-4-5-18(23(27)36)19(10-17)32-6-8-33(9-7-32)25-28-13-16(14-29-25)24(37)31-38/h4-5,10,13-14,38H,6-9,11-12H2,1-3H3,(H2,27,36)(H,31,37). The maximum Gasteiger partial charge on any atom is 0.277 e. The molecule has 1 fully saturated rings. The Labute approximate surface area is 219 Å². The second-order valence-corrected chi connectivity index (χ2v) is 10.5. The largest absolute Gasteiger partial charge is 0.367 e. The van der Waals surface area contributed by atoms with Gasteiger partial charge in [-0.1, -0.05) is 13.8 Å². The lowest BCUT2D eigenvalue weighted by atomic mass is 9.75. The molecule has 3 heterocycles. The number of hydrogen-bond acceptors (Lipinski definition) is 9. The lowest BCUT2D eigenvalue weighted by Gasteiger charge is -2.37. The van der Waals surface area contributed by atoms with Crippen molar-refractivity contribution in [2.75, 3.05) is 36.0 Å². The van der Waals surface area contributed by atoms with Crippen molar-refractivity contribution in [3.05, 3.63) is 58.7 Å². The van der Waals surface area contributed by atoms with Gasteiger partial charge >= 0.3 is 0 Å². The molecule has 3 aromatic rings. The van der Waals surface area contributed by atoms with E-state index < -0.39 is 11.8 Å². The second kappa shape index (κ2) is 9.53. The molecule has 1 saturated heterocycles. The van der Waals surface area contributed by atoms with Crippen LogP contribution in [0.1, 0.15) is 62.7 Å². The highest BCUT2D eigenvalue weighted by atomic mass is 16.5. The van der Waals surface area contributed by atoms with E-state index in [9.17, 15) is 14.4 Å². The smallest absolute Gasteiger partial charge is 0.277 e. The third-order valence-corrected chi connectivity index (χ3v) is 7.12. The van der Waals surface area contributed by atoms with Crippen LogP contribution in [0.2, 0.25) is 0 Å². The van der Waals surface area contributed by atoms with E-state index in [1.54, 1.807) is 11.5 Å². The summed E-state index contributed by atoms with van der Waals surface area (Å²) in [5, 5.41) is 13.5. The van der Waals surface area contributed by atoms with E-state index in [0.29, 0.717) is 61.1 Å². The Morgan fingerprint density at radius 2 is 1.71 bits per heavy atom. The van der Waals surface area contributed by atoms with Gasteiger partial charge in [-0.25, -0.2) is 20.1 Å². The predicted octanol–water partition coefficient (Wildman–Crippen LogP) is 1.67. The fraction of sp³-hybridized carbons (Fsp3) is 0.385. The number of Topliss-reactive ketones (excluding diaryl/α,β-unsaturated/α-hetero) is 1. The van der Waals surface area contributed by atoms with Crippen LogP contribution >= 0.6 is 0 Å². The van der Waals surface area contributed by atoms with Gasteiger partial charge in [0.15, 0.2) is 5.78 Å². The van der Waals surface area contributed by atoms with Crippen LogP contribution < -0.4 is 21.0 Å². The lowest BCUT2D eigenvalue weighted by Crippen LogP contribution is -2.47. The minimum absolute atomic E-state index is 0.109. The first-order valence-corrected chi connectivity index (χ1v) is 12.4. The highest BCUT2D eigenvalue weighted by Gasteiger charge is 2.36. The highest BCUT2D eigenvalue weighted by Crippen LogP contribution is 2.37. The van der Waals surface area contributed by atoms with Crippen LogP contribution in [0, 0.1) is 12.3 Å². The SMILES string of the molecule is Cc1nn(-c2ccc(C(N)=O)c(N3CCN(c4ncc(C(=O)NO)cn4)CC3)c2)c2c1C(=O)CC(C)(C)C2. The molecule has 0 bridgehead atoms. The number of fused-ring (bicyclic) bond motifs is 1. The molecule has 1 aliphatic heterocycles. The number of nitrogens with one attached hydrogen (secondary N) is 1. The first-order valence-electron chi connectivity index (χ1n) is 12.4. The third-order valence-electron chi connectivity index (χ3n) is 7.12. The molecule has 0 unspecified atom stereocenters. The average molecular weight is 519 g/mol. The van der Waals surface area contributed by atoms with Gasteiger partial charge in [0.05, 0.1) is 39.5 Å². The Balaban J connectivity index is 1.42. The van der Waals surface area contributed by atoms with Crippen molar-refractivity contribution in [1.29, 1.82) is 0 Å². The summed E-state index contributed by atoms with van der Waals surface area (Å²) in [4.78, 5) is 49.3. The molecule has 198 valence electrons. The van der Waals surface area contributed by atoms with Gasteiger partial charge < -0.3 is 15.5 Å². The molecule has 2 amide bonds. The number of benzene rings is 1. The van der Waals surface area contributed by atoms with Crippen LogP contribution in [0.5, 0.6) is 0 Å². The Bertz CT molecular complexity index is 1420. The van der Waals surface area contributed by atoms with Gasteiger partial charge in [-0.05, 0) is 37.0 Å². The quantitative estimate of drug-likeness (QED) is 0.337. The number of piperazine rings is 1. The van der Waals surface area contributed by atoms with Crippen LogP contribution in [-0.4, -0.2) is 68.7 Å². The monoisotopic (exact) mass is 518 g/mol. The molecule has 5 rings (SSSR count). The third kappa shape index (κ3) is 4.58. The first kappa shape index (κ1) is 25.3. The molecule has 12 nitrogen and oxygen atoms in total. The number of rotatable bonds is 5. The summed E-state index contributed by atoms with van der Waals surface area (Å²) in [7, 11) is 0. The van der Waals surface area contributed by atoms with E-state index in [1.165, 1.54) is 12.4 Å². The molecule has 1 aromatic carbocycles. The van der Waals surface area contributed by atoms with Crippen LogP contribution in [-0.2, 0) is 6.42 Å². The van der Waals surface area contributed by atoms with Gasteiger partial charge in [-0.15, -0.1) is 0 Å². The van der Waals surface area contributed by atoms with Gasteiger partial charge in [0.25, 0.3) is 11.8 Å². The second-order valence-electron chi connectivity index (χ2n) is 10.5. The Hall–Kier alpha value is -4.32. The van der Waals surface area contributed by atoms with Crippen molar-refractivity contribution in [2.45, 2.75) is 33.6 Å². The van der Waals surface area contributed by atoms with E-state index in [4.69, 9.17) is 16.0 Å². The number of nitrogens with two attached hydrogens (primary N) is 1. The number of aromatic nitrogens is 4. The van der Waals surface area contributed by atoms with Gasteiger partial charge in [0.1, 0.15) is 0 Å². The van der Waals surface area contributed by atoms with Crippen LogP contribution in [0.3, 0.4) is 0 Å². The van der Waals surface area contributed by atoms with E-state index in [1.807, 2.05) is 28.6 Å². The van der Waals surface area contributed by atoms with Crippen molar-refractivity contribution in [3.8, 4) is 5.69 Å². The summed E-state index contributed by atoms with van der Waals surface area (Å²) in [5.41, 5.74) is 11.5.